The molecule has 1 aromatic heterocycles. The van der Waals surface area contributed by atoms with Gasteiger partial charge in [-0.25, -0.2) is 9.97 Å². The summed E-state index contributed by atoms with van der Waals surface area (Å²) in [6.45, 7) is 9.79. The van der Waals surface area contributed by atoms with Crippen molar-refractivity contribution in [3.8, 4) is 0 Å². The molecular weight excluding hydrogens is 343 g/mol. The van der Waals surface area contributed by atoms with Crippen molar-refractivity contribution in [2.45, 2.75) is 45.8 Å². The van der Waals surface area contributed by atoms with Crippen LogP contribution in [0.25, 0.3) is 17.0 Å². The summed E-state index contributed by atoms with van der Waals surface area (Å²) in [4.78, 5) is 19.7. The average molecular weight is 368 g/mol. The van der Waals surface area contributed by atoms with E-state index in [4.69, 9.17) is 15.0 Å². The van der Waals surface area contributed by atoms with Gasteiger partial charge in [-0.15, -0.1) is 0 Å². The standard InChI is InChI=1S/C19H25BN4O3/c1-12(25)22-10-14(20-26-18(2,3)19(4,5)27-20)8-13-6-7-16-15(9-13)17(21)24-11-23-16/h6-9,11H,10H2,1-5H3,(H,22,25)(H2,21,23,24). The van der Waals surface area contributed by atoms with Crippen LogP contribution in [0.15, 0.2) is 30.0 Å². The molecule has 142 valence electrons. The molecule has 0 spiro atoms. The molecule has 0 saturated carbocycles. The predicted molar refractivity (Wildman–Crippen MR) is 107 cm³/mol. The highest BCUT2D eigenvalue weighted by molar-refractivity contribution is 6.56. The normalized spacial score (nSPS) is 18.7. The molecule has 2 aromatic rings. The van der Waals surface area contributed by atoms with Crippen LogP contribution in [0.5, 0.6) is 0 Å². The summed E-state index contributed by atoms with van der Waals surface area (Å²) in [7, 11) is -0.554. The van der Waals surface area contributed by atoms with Crippen LogP contribution >= 0.6 is 0 Å². The van der Waals surface area contributed by atoms with Gasteiger partial charge in [0.25, 0.3) is 0 Å². The maximum absolute atomic E-state index is 11.4. The molecule has 1 aliphatic rings. The third-order valence-corrected chi connectivity index (χ3v) is 5.14. The number of carbonyl (C=O) groups excluding carboxylic acids is 1. The van der Waals surface area contributed by atoms with Gasteiger partial charge in [-0.1, -0.05) is 12.1 Å². The summed E-state index contributed by atoms with van der Waals surface area (Å²) < 4.78 is 12.3. The van der Waals surface area contributed by atoms with E-state index in [1.54, 1.807) is 0 Å². The topological polar surface area (TPSA) is 99.4 Å². The molecule has 3 N–H and O–H groups in total. The van der Waals surface area contributed by atoms with Gasteiger partial charge in [-0.2, -0.15) is 0 Å². The minimum Gasteiger partial charge on any atom is -0.400 e. The van der Waals surface area contributed by atoms with E-state index in [9.17, 15) is 4.79 Å². The Morgan fingerprint density at radius 3 is 2.52 bits per heavy atom. The lowest BCUT2D eigenvalue weighted by Crippen LogP contribution is -2.41. The molecule has 7 nitrogen and oxygen atoms in total. The molecule has 0 atom stereocenters. The van der Waals surface area contributed by atoms with Crippen LogP contribution in [0.2, 0.25) is 0 Å². The Bertz CT molecular complexity index is 895. The molecule has 0 bridgehead atoms. The van der Waals surface area contributed by atoms with Gasteiger partial charge < -0.3 is 20.4 Å². The van der Waals surface area contributed by atoms with Crippen LogP contribution in [0.1, 0.15) is 40.2 Å². The van der Waals surface area contributed by atoms with Crippen LogP contribution in [0, 0.1) is 0 Å². The fourth-order valence-electron chi connectivity index (χ4n) is 2.82. The first kappa shape index (κ1) is 19.3. The minimum absolute atomic E-state index is 0.117. The van der Waals surface area contributed by atoms with Crippen molar-refractivity contribution in [3.05, 3.63) is 35.6 Å². The predicted octanol–water partition coefficient (Wildman–Crippen LogP) is 2.36. The highest BCUT2D eigenvalue weighted by atomic mass is 16.7. The van der Waals surface area contributed by atoms with E-state index in [1.165, 1.54) is 13.3 Å². The number of carbonyl (C=O) groups is 1. The zero-order valence-electron chi connectivity index (χ0n) is 16.4. The van der Waals surface area contributed by atoms with Crippen molar-refractivity contribution in [3.63, 3.8) is 0 Å². The zero-order valence-corrected chi connectivity index (χ0v) is 16.4. The summed E-state index contributed by atoms with van der Waals surface area (Å²) in [6, 6.07) is 5.75. The number of benzene rings is 1. The number of hydrogen-bond acceptors (Lipinski definition) is 6. The second-order valence-electron chi connectivity index (χ2n) is 7.75. The number of rotatable bonds is 4. The number of fused-ring (bicyclic) bond motifs is 1. The van der Waals surface area contributed by atoms with E-state index in [0.717, 1.165) is 21.9 Å². The third-order valence-electron chi connectivity index (χ3n) is 5.14. The molecular formula is C19H25BN4O3. The number of hydrogen-bond donors (Lipinski definition) is 2. The second kappa shape index (κ2) is 6.94. The maximum atomic E-state index is 11.4. The van der Waals surface area contributed by atoms with E-state index in [2.05, 4.69) is 15.3 Å². The van der Waals surface area contributed by atoms with Gasteiger partial charge in [0.1, 0.15) is 12.1 Å². The van der Waals surface area contributed by atoms with Crippen molar-refractivity contribution in [2.24, 2.45) is 0 Å². The Kier molecular flexibility index (Phi) is 4.97. The minimum atomic E-state index is -0.554. The lowest BCUT2D eigenvalue weighted by Gasteiger charge is -2.32. The first-order valence-corrected chi connectivity index (χ1v) is 8.90. The van der Waals surface area contributed by atoms with Gasteiger partial charge in [0.05, 0.1) is 16.7 Å². The van der Waals surface area contributed by atoms with Gasteiger partial charge in [0.15, 0.2) is 0 Å². The smallest absolute Gasteiger partial charge is 0.400 e. The molecule has 2 heterocycles. The van der Waals surface area contributed by atoms with Gasteiger partial charge >= 0.3 is 7.12 Å². The zero-order chi connectivity index (χ0) is 19.8. The van der Waals surface area contributed by atoms with Crippen LogP contribution < -0.4 is 11.1 Å². The van der Waals surface area contributed by atoms with Crippen LogP contribution in [0.4, 0.5) is 5.82 Å². The number of nitrogens with zero attached hydrogens (tertiary/aromatic N) is 2. The summed E-state index contributed by atoms with van der Waals surface area (Å²) in [5.74, 6) is 0.308. The van der Waals surface area contributed by atoms with Crippen LogP contribution in [-0.4, -0.2) is 40.7 Å². The molecule has 0 unspecified atom stereocenters. The van der Waals surface area contributed by atoms with Crippen LogP contribution in [0.3, 0.4) is 0 Å². The van der Waals surface area contributed by atoms with E-state index < -0.39 is 18.3 Å². The lowest BCUT2D eigenvalue weighted by atomic mass is 9.77. The monoisotopic (exact) mass is 368 g/mol. The van der Waals surface area contributed by atoms with E-state index in [0.29, 0.717) is 12.4 Å². The van der Waals surface area contributed by atoms with Gasteiger partial charge in [-0.3, -0.25) is 4.79 Å². The maximum Gasteiger partial charge on any atom is 0.492 e. The summed E-state index contributed by atoms with van der Waals surface area (Å²) >= 11 is 0. The second-order valence-corrected chi connectivity index (χ2v) is 7.75. The van der Waals surface area contributed by atoms with E-state index in [-0.39, 0.29) is 5.91 Å². The Balaban J connectivity index is 1.98. The van der Waals surface area contributed by atoms with Gasteiger partial charge in [-0.05, 0) is 50.9 Å². The highest BCUT2D eigenvalue weighted by Gasteiger charge is 2.52. The molecule has 1 saturated heterocycles. The Morgan fingerprint density at radius 2 is 1.89 bits per heavy atom. The lowest BCUT2D eigenvalue weighted by molar-refractivity contribution is -0.118. The molecule has 8 heteroatoms. The molecule has 0 radical (unpaired) electrons. The fraction of sp³-hybridized carbons (Fsp3) is 0.421. The van der Waals surface area contributed by atoms with Gasteiger partial charge in [0, 0.05) is 18.9 Å². The molecule has 1 aromatic carbocycles. The number of nitrogens with two attached hydrogens (primary N) is 1. The summed E-state index contributed by atoms with van der Waals surface area (Å²) in [5.41, 5.74) is 7.54. The van der Waals surface area contributed by atoms with Gasteiger partial charge in [0.2, 0.25) is 5.91 Å². The Labute approximate surface area is 159 Å². The third kappa shape index (κ3) is 3.96. The SMILES string of the molecule is CC(=O)NCC(=Cc1ccc2ncnc(N)c2c1)B1OC(C)(C)C(C)(C)O1. The van der Waals surface area contributed by atoms with Crippen molar-refractivity contribution < 1.29 is 14.1 Å². The fourth-order valence-corrected chi connectivity index (χ4v) is 2.82. The molecule has 1 amide bonds. The van der Waals surface area contributed by atoms with Crippen molar-refractivity contribution in [1.82, 2.24) is 15.3 Å². The number of amides is 1. The van der Waals surface area contributed by atoms with Crippen molar-refractivity contribution in [2.75, 3.05) is 12.3 Å². The number of nitrogens with one attached hydrogen (secondary N) is 1. The molecule has 1 aliphatic heterocycles. The van der Waals surface area contributed by atoms with Crippen molar-refractivity contribution >= 4 is 35.8 Å². The van der Waals surface area contributed by atoms with Crippen molar-refractivity contribution in [1.29, 1.82) is 0 Å². The number of nitrogen functional groups attached to an aromatic ring is 1. The number of aromatic nitrogens is 2. The molecule has 3 rings (SSSR count). The number of anilines is 1. The Hall–Kier alpha value is -2.45. The molecule has 27 heavy (non-hydrogen) atoms. The van der Waals surface area contributed by atoms with E-state index >= 15 is 0 Å². The highest BCUT2D eigenvalue weighted by Crippen LogP contribution is 2.38. The largest absolute Gasteiger partial charge is 0.492 e. The quantitative estimate of drug-likeness (QED) is 0.804. The molecule has 1 fully saturated rings. The first-order valence-electron chi connectivity index (χ1n) is 8.90. The first-order chi connectivity index (χ1) is 12.6. The Morgan fingerprint density at radius 1 is 1.22 bits per heavy atom. The molecule has 0 aliphatic carbocycles. The van der Waals surface area contributed by atoms with Crippen LogP contribution in [-0.2, 0) is 14.1 Å². The summed E-state index contributed by atoms with van der Waals surface area (Å²) in [6.07, 6.45) is 3.39. The average Bonchev–Trinajstić information content (AvgIpc) is 2.79. The van der Waals surface area contributed by atoms with E-state index in [1.807, 2.05) is 52.0 Å². The summed E-state index contributed by atoms with van der Waals surface area (Å²) in [5, 5.41) is 3.61.